The standard InChI is InChI=1S/C15H21N3OS/c1-3-10-4-6-11(7-5-10)14-13-9(2)17-18-15(13)16-12(19)8-20-14/h4-7,9,13-15,17-18H,3,8H2,1-2H3,(H,16,19). The van der Waals surface area contributed by atoms with Gasteiger partial charge in [-0.15, -0.1) is 11.8 Å². The van der Waals surface area contributed by atoms with Gasteiger partial charge in [0, 0.05) is 17.2 Å². The van der Waals surface area contributed by atoms with Crippen molar-refractivity contribution < 1.29 is 4.79 Å². The molecule has 4 nitrogen and oxygen atoms in total. The molecule has 5 heteroatoms. The van der Waals surface area contributed by atoms with E-state index in [1.165, 1.54) is 11.1 Å². The quantitative estimate of drug-likeness (QED) is 0.774. The van der Waals surface area contributed by atoms with Crippen LogP contribution in [0, 0.1) is 5.92 Å². The van der Waals surface area contributed by atoms with Gasteiger partial charge in [-0.05, 0) is 24.5 Å². The zero-order valence-corrected chi connectivity index (χ0v) is 12.7. The second-order valence-electron chi connectivity index (χ2n) is 5.53. The van der Waals surface area contributed by atoms with Gasteiger partial charge >= 0.3 is 0 Å². The molecular weight excluding hydrogens is 270 g/mol. The Kier molecular flexibility index (Phi) is 4.01. The van der Waals surface area contributed by atoms with Gasteiger partial charge in [0.1, 0.15) is 0 Å². The number of fused-ring (bicyclic) bond motifs is 1. The molecule has 0 saturated carbocycles. The highest BCUT2D eigenvalue weighted by Crippen LogP contribution is 2.41. The van der Waals surface area contributed by atoms with E-state index in [9.17, 15) is 4.79 Å². The van der Waals surface area contributed by atoms with Crippen LogP contribution in [-0.4, -0.2) is 23.9 Å². The van der Waals surface area contributed by atoms with E-state index < -0.39 is 0 Å². The fraction of sp³-hybridized carbons (Fsp3) is 0.533. The van der Waals surface area contributed by atoms with Gasteiger partial charge in [0.05, 0.1) is 11.9 Å². The lowest BCUT2D eigenvalue weighted by Crippen LogP contribution is -2.46. The molecule has 0 spiro atoms. The van der Waals surface area contributed by atoms with Gasteiger partial charge in [-0.25, -0.2) is 5.43 Å². The first-order valence-electron chi connectivity index (χ1n) is 7.20. The second kappa shape index (κ2) is 5.76. The SMILES string of the molecule is CCc1ccc(C2SCC(=O)NC3NNC(C)C32)cc1. The molecule has 1 aromatic rings. The number of carbonyl (C=O) groups is 1. The van der Waals surface area contributed by atoms with Crippen molar-refractivity contribution in [1.82, 2.24) is 16.2 Å². The predicted molar refractivity (Wildman–Crippen MR) is 82.2 cm³/mol. The first-order chi connectivity index (χ1) is 9.69. The number of rotatable bonds is 2. The highest BCUT2D eigenvalue weighted by Gasteiger charge is 2.42. The molecular formula is C15H21N3OS. The van der Waals surface area contributed by atoms with Gasteiger partial charge in [-0.2, -0.15) is 0 Å². The van der Waals surface area contributed by atoms with Gasteiger partial charge in [0.2, 0.25) is 5.91 Å². The minimum Gasteiger partial charge on any atom is -0.338 e. The van der Waals surface area contributed by atoms with Crippen molar-refractivity contribution in [3.05, 3.63) is 35.4 Å². The fourth-order valence-corrected chi connectivity index (χ4v) is 4.40. The summed E-state index contributed by atoms with van der Waals surface area (Å²) in [5, 5.41) is 3.40. The Morgan fingerprint density at radius 2 is 2.00 bits per heavy atom. The smallest absolute Gasteiger partial charge is 0.231 e. The summed E-state index contributed by atoms with van der Waals surface area (Å²) < 4.78 is 0. The number of aryl methyl sites for hydroxylation is 1. The lowest BCUT2D eigenvalue weighted by molar-refractivity contribution is -0.119. The van der Waals surface area contributed by atoms with Crippen molar-refractivity contribution >= 4 is 17.7 Å². The largest absolute Gasteiger partial charge is 0.338 e. The third-order valence-corrected chi connectivity index (χ3v) is 5.58. The van der Waals surface area contributed by atoms with Crippen LogP contribution in [0.4, 0.5) is 0 Å². The van der Waals surface area contributed by atoms with E-state index in [1.807, 2.05) is 0 Å². The minimum atomic E-state index is 0.0170. The first-order valence-corrected chi connectivity index (χ1v) is 8.24. The van der Waals surface area contributed by atoms with E-state index in [4.69, 9.17) is 0 Å². The summed E-state index contributed by atoms with van der Waals surface area (Å²) in [4.78, 5) is 11.8. The van der Waals surface area contributed by atoms with Crippen LogP contribution in [0.5, 0.6) is 0 Å². The number of nitrogens with one attached hydrogen (secondary N) is 3. The normalized spacial score (nSPS) is 33.4. The zero-order valence-electron chi connectivity index (χ0n) is 11.8. The molecule has 2 aliphatic rings. The fourth-order valence-electron chi connectivity index (χ4n) is 3.02. The number of amides is 1. The Balaban J connectivity index is 1.90. The molecule has 0 aromatic heterocycles. The Morgan fingerprint density at radius 1 is 1.25 bits per heavy atom. The number of benzene rings is 1. The summed E-state index contributed by atoms with van der Waals surface area (Å²) in [6.07, 6.45) is 1.08. The summed E-state index contributed by atoms with van der Waals surface area (Å²) in [6, 6.07) is 9.17. The van der Waals surface area contributed by atoms with Crippen LogP contribution in [0.1, 0.15) is 30.2 Å². The van der Waals surface area contributed by atoms with Crippen LogP contribution in [0.25, 0.3) is 0 Å². The second-order valence-corrected chi connectivity index (χ2v) is 6.66. The lowest BCUT2D eigenvalue weighted by Gasteiger charge is -2.27. The Bertz CT molecular complexity index is 490. The van der Waals surface area contributed by atoms with Crippen molar-refractivity contribution in [3.63, 3.8) is 0 Å². The molecule has 4 unspecified atom stereocenters. The van der Waals surface area contributed by atoms with Gasteiger partial charge < -0.3 is 5.32 Å². The summed E-state index contributed by atoms with van der Waals surface area (Å²) in [6.45, 7) is 4.34. The van der Waals surface area contributed by atoms with Crippen LogP contribution in [-0.2, 0) is 11.2 Å². The maximum Gasteiger partial charge on any atom is 0.231 e. The zero-order chi connectivity index (χ0) is 14.1. The van der Waals surface area contributed by atoms with E-state index in [0.29, 0.717) is 23.0 Å². The lowest BCUT2D eigenvalue weighted by atomic mass is 9.91. The van der Waals surface area contributed by atoms with E-state index in [1.54, 1.807) is 11.8 Å². The molecule has 4 atom stereocenters. The minimum absolute atomic E-state index is 0.0170. The molecule has 2 aliphatic heterocycles. The average Bonchev–Trinajstić information content (AvgIpc) is 2.72. The van der Waals surface area contributed by atoms with Crippen molar-refractivity contribution in [1.29, 1.82) is 0 Å². The van der Waals surface area contributed by atoms with Gasteiger partial charge in [0.25, 0.3) is 0 Å². The predicted octanol–water partition coefficient (Wildman–Crippen LogP) is 1.59. The third-order valence-electron chi connectivity index (χ3n) is 4.21. The molecule has 1 aromatic carbocycles. The number of hydrogen-bond donors (Lipinski definition) is 3. The van der Waals surface area contributed by atoms with Crippen molar-refractivity contribution in [2.75, 3.05) is 5.75 Å². The Hall–Kier alpha value is -1.04. The van der Waals surface area contributed by atoms with Crippen molar-refractivity contribution in [2.24, 2.45) is 5.92 Å². The molecule has 0 aliphatic carbocycles. The summed E-state index contributed by atoms with van der Waals surface area (Å²) in [5.41, 5.74) is 9.13. The molecule has 0 radical (unpaired) electrons. The number of carbonyl (C=O) groups excluding carboxylic acids is 1. The molecule has 1 amide bonds. The first kappa shape index (κ1) is 13.9. The molecule has 3 N–H and O–H groups in total. The molecule has 2 saturated heterocycles. The number of hydrazine groups is 1. The van der Waals surface area contributed by atoms with Crippen LogP contribution >= 0.6 is 11.8 Å². The highest BCUT2D eigenvalue weighted by molar-refractivity contribution is 8.00. The maximum absolute atomic E-state index is 11.8. The summed E-state index contributed by atoms with van der Waals surface area (Å²) >= 11 is 1.75. The van der Waals surface area contributed by atoms with Crippen LogP contribution in [0.15, 0.2) is 24.3 Å². The van der Waals surface area contributed by atoms with Crippen molar-refractivity contribution in [3.8, 4) is 0 Å². The molecule has 2 fully saturated rings. The number of hydrogen-bond acceptors (Lipinski definition) is 4. The van der Waals surface area contributed by atoms with Gasteiger partial charge in [-0.3, -0.25) is 10.2 Å². The molecule has 20 heavy (non-hydrogen) atoms. The topological polar surface area (TPSA) is 53.2 Å². The Morgan fingerprint density at radius 3 is 2.70 bits per heavy atom. The van der Waals surface area contributed by atoms with Crippen molar-refractivity contribution in [2.45, 2.75) is 37.7 Å². The molecule has 3 rings (SSSR count). The van der Waals surface area contributed by atoms with Gasteiger partial charge in [0.15, 0.2) is 0 Å². The van der Waals surface area contributed by atoms with Crippen LogP contribution < -0.4 is 16.2 Å². The van der Waals surface area contributed by atoms with E-state index in [-0.39, 0.29) is 12.1 Å². The monoisotopic (exact) mass is 291 g/mol. The molecule has 0 bridgehead atoms. The molecule has 2 heterocycles. The highest BCUT2D eigenvalue weighted by atomic mass is 32.2. The van der Waals surface area contributed by atoms with Crippen LogP contribution in [0.3, 0.4) is 0 Å². The average molecular weight is 291 g/mol. The Labute approximate surface area is 124 Å². The summed E-state index contributed by atoms with van der Waals surface area (Å²) in [5.74, 6) is 1.00. The van der Waals surface area contributed by atoms with E-state index in [0.717, 1.165) is 6.42 Å². The van der Waals surface area contributed by atoms with E-state index >= 15 is 0 Å². The van der Waals surface area contributed by atoms with Crippen LogP contribution in [0.2, 0.25) is 0 Å². The van der Waals surface area contributed by atoms with E-state index in [2.05, 4.69) is 54.3 Å². The summed E-state index contributed by atoms with van der Waals surface area (Å²) in [7, 11) is 0. The third kappa shape index (κ3) is 2.57. The molecule has 108 valence electrons. The van der Waals surface area contributed by atoms with Gasteiger partial charge in [-0.1, -0.05) is 31.2 Å². The maximum atomic E-state index is 11.8. The number of thioether (sulfide) groups is 1.